The van der Waals surface area contributed by atoms with E-state index >= 15 is 0 Å². The fourth-order valence-electron chi connectivity index (χ4n) is 1.84. The highest BCUT2D eigenvalue weighted by Gasteiger charge is 2.21. The monoisotopic (exact) mass is 347 g/mol. The van der Waals surface area contributed by atoms with Gasteiger partial charge in [0.2, 0.25) is 0 Å². The number of anilines is 1. The van der Waals surface area contributed by atoms with E-state index in [9.17, 15) is 12.8 Å². The van der Waals surface area contributed by atoms with Crippen molar-refractivity contribution >= 4 is 38.9 Å². The van der Waals surface area contributed by atoms with Crippen LogP contribution in [0.5, 0.6) is 0 Å². The Morgan fingerprint density at radius 2 is 1.76 bits per heavy atom. The average Bonchev–Trinajstić information content (AvgIpc) is 2.37. The zero-order valence-corrected chi connectivity index (χ0v) is 13.4. The molecule has 2 aromatic rings. The van der Waals surface area contributed by atoms with Crippen molar-refractivity contribution in [3.8, 4) is 0 Å². The van der Waals surface area contributed by atoms with E-state index in [1.165, 1.54) is 24.3 Å². The van der Waals surface area contributed by atoms with Gasteiger partial charge >= 0.3 is 0 Å². The highest BCUT2D eigenvalue weighted by atomic mass is 35.5. The topological polar surface area (TPSA) is 46.2 Å². The van der Waals surface area contributed by atoms with Crippen LogP contribution in [0.2, 0.25) is 10.0 Å². The Balaban J connectivity index is 2.40. The molecule has 7 heteroatoms. The first-order valence-electron chi connectivity index (χ1n) is 6.10. The number of hydrogen-bond acceptors (Lipinski definition) is 2. The second-order valence-corrected chi connectivity index (χ2v) is 6.75. The fourth-order valence-corrected chi connectivity index (χ4v) is 4.04. The van der Waals surface area contributed by atoms with Crippen molar-refractivity contribution < 1.29 is 12.8 Å². The first-order chi connectivity index (χ1) is 9.85. The molecule has 0 saturated carbocycles. The van der Waals surface area contributed by atoms with Crippen LogP contribution in [0.25, 0.3) is 0 Å². The maximum Gasteiger partial charge on any atom is 0.264 e. The summed E-state index contributed by atoms with van der Waals surface area (Å²) < 4.78 is 40.6. The molecule has 0 fully saturated rings. The van der Waals surface area contributed by atoms with E-state index in [2.05, 4.69) is 4.72 Å². The largest absolute Gasteiger partial charge is 0.279 e. The second-order valence-electron chi connectivity index (χ2n) is 4.32. The van der Waals surface area contributed by atoms with E-state index in [1.807, 2.05) is 6.92 Å². The molecular weight excluding hydrogens is 336 g/mol. The molecule has 21 heavy (non-hydrogen) atoms. The van der Waals surface area contributed by atoms with Gasteiger partial charge in [-0.3, -0.25) is 4.72 Å². The lowest BCUT2D eigenvalue weighted by atomic mass is 10.1. The van der Waals surface area contributed by atoms with Crippen LogP contribution in [0, 0.1) is 5.82 Å². The highest BCUT2D eigenvalue weighted by Crippen LogP contribution is 2.30. The normalized spacial score (nSPS) is 11.4. The van der Waals surface area contributed by atoms with Gasteiger partial charge in [0.05, 0.1) is 15.7 Å². The highest BCUT2D eigenvalue weighted by molar-refractivity contribution is 7.93. The Labute approximate surface area is 132 Å². The maximum absolute atomic E-state index is 13.7. The van der Waals surface area contributed by atoms with Crippen LogP contribution in [0.1, 0.15) is 12.5 Å². The van der Waals surface area contributed by atoms with Gasteiger partial charge in [-0.2, -0.15) is 0 Å². The Morgan fingerprint density at radius 3 is 2.29 bits per heavy atom. The molecule has 1 N–H and O–H groups in total. The number of rotatable bonds is 4. The Bertz CT molecular complexity index is 758. The molecule has 0 aliphatic rings. The van der Waals surface area contributed by atoms with Crippen molar-refractivity contribution in [1.29, 1.82) is 0 Å². The lowest BCUT2D eigenvalue weighted by Crippen LogP contribution is -2.14. The van der Waals surface area contributed by atoms with Gasteiger partial charge in [0, 0.05) is 0 Å². The average molecular weight is 348 g/mol. The number of nitrogens with one attached hydrogen (secondary N) is 1. The second kappa shape index (κ2) is 6.22. The molecule has 2 aromatic carbocycles. The van der Waals surface area contributed by atoms with E-state index in [-0.39, 0.29) is 20.6 Å². The fraction of sp³-hybridized carbons (Fsp3) is 0.143. The quantitative estimate of drug-likeness (QED) is 0.885. The number of aryl methyl sites for hydroxylation is 1. The third-order valence-corrected chi connectivity index (χ3v) is 5.21. The number of hydrogen-bond donors (Lipinski definition) is 1. The van der Waals surface area contributed by atoms with Gasteiger partial charge in [0.15, 0.2) is 0 Å². The van der Waals surface area contributed by atoms with Crippen LogP contribution in [-0.4, -0.2) is 8.42 Å². The summed E-state index contributed by atoms with van der Waals surface area (Å²) >= 11 is 11.8. The van der Waals surface area contributed by atoms with Crippen LogP contribution in [0.4, 0.5) is 10.1 Å². The summed E-state index contributed by atoms with van der Waals surface area (Å²) in [6.45, 7) is 1.81. The van der Waals surface area contributed by atoms with Crippen LogP contribution < -0.4 is 4.72 Å². The van der Waals surface area contributed by atoms with Crippen molar-refractivity contribution in [3.63, 3.8) is 0 Å². The maximum atomic E-state index is 13.7. The number of sulfonamides is 1. The Kier molecular flexibility index (Phi) is 4.76. The van der Waals surface area contributed by atoms with Gasteiger partial charge in [-0.25, -0.2) is 12.8 Å². The van der Waals surface area contributed by atoms with Crippen molar-refractivity contribution in [2.75, 3.05) is 4.72 Å². The minimum absolute atomic E-state index is 0.000602. The standard InChI is InChI=1S/C14H12Cl2FNO2S/c1-2-9-6-7-10(8-13(9)17)18-21(19,20)14-11(15)4-3-5-12(14)16/h3-8,18H,2H2,1H3. The summed E-state index contributed by atoms with van der Waals surface area (Å²) in [5.41, 5.74) is 0.620. The molecular formula is C14H12Cl2FNO2S. The molecule has 2 rings (SSSR count). The van der Waals surface area contributed by atoms with Crippen molar-refractivity contribution in [3.05, 3.63) is 57.8 Å². The molecule has 0 spiro atoms. The minimum Gasteiger partial charge on any atom is -0.279 e. The van der Waals surface area contributed by atoms with Crippen LogP contribution in [0.3, 0.4) is 0 Å². The van der Waals surface area contributed by atoms with Crippen molar-refractivity contribution in [2.45, 2.75) is 18.2 Å². The Hall–Kier alpha value is -1.30. The number of benzene rings is 2. The third kappa shape index (κ3) is 3.48. The Morgan fingerprint density at radius 1 is 1.14 bits per heavy atom. The van der Waals surface area contributed by atoms with E-state index in [4.69, 9.17) is 23.2 Å². The van der Waals surface area contributed by atoms with Gasteiger partial charge in [0.1, 0.15) is 10.7 Å². The molecule has 112 valence electrons. The lowest BCUT2D eigenvalue weighted by molar-refractivity contribution is 0.601. The van der Waals surface area contributed by atoms with Gasteiger partial charge in [-0.15, -0.1) is 0 Å². The molecule has 0 heterocycles. The molecule has 0 saturated heterocycles. The summed E-state index contributed by atoms with van der Waals surface area (Å²) in [7, 11) is -3.99. The minimum atomic E-state index is -3.99. The van der Waals surface area contributed by atoms with E-state index in [1.54, 1.807) is 6.07 Å². The van der Waals surface area contributed by atoms with Crippen molar-refractivity contribution in [1.82, 2.24) is 0 Å². The lowest BCUT2D eigenvalue weighted by Gasteiger charge is -2.11. The molecule has 0 amide bonds. The summed E-state index contributed by atoms with van der Waals surface area (Å²) in [5.74, 6) is -0.469. The molecule has 0 aliphatic carbocycles. The SMILES string of the molecule is CCc1ccc(NS(=O)(=O)c2c(Cl)cccc2Cl)cc1F. The van der Waals surface area contributed by atoms with Crippen molar-refractivity contribution in [2.24, 2.45) is 0 Å². The zero-order valence-electron chi connectivity index (χ0n) is 11.0. The summed E-state index contributed by atoms with van der Waals surface area (Å²) in [4.78, 5) is -0.228. The third-order valence-electron chi connectivity index (χ3n) is 2.87. The van der Waals surface area contributed by atoms with Gasteiger partial charge in [0.25, 0.3) is 10.0 Å². The molecule has 0 aromatic heterocycles. The zero-order chi connectivity index (χ0) is 15.6. The van der Waals surface area contributed by atoms with E-state index in [0.717, 1.165) is 6.07 Å². The van der Waals surface area contributed by atoms with Crippen LogP contribution >= 0.6 is 23.2 Å². The molecule has 0 aliphatic heterocycles. The van der Waals surface area contributed by atoms with Crippen LogP contribution in [-0.2, 0) is 16.4 Å². The van der Waals surface area contributed by atoms with E-state index < -0.39 is 15.8 Å². The predicted molar refractivity (Wildman–Crippen MR) is 83.0 cm³/mol. The smallest absolute Gasteiger partial charge is 0.264 e. The molecule has 0 radical (unpaired) electrons. The molecule has 0 bridgehead atoms. The van der Waals surface area contributed by atoms with Crippen LogP contribution in [0.15, 0.2) is 41.3 Å². The summed E-state index contributed by atoms with van der Waals surface area (Å²) in [6, 6.07) is 8.53. The molecule has 0 unspecified atom stereocenters. The summed E-state index contributed by atoms with van der Waals surface area (Å²) in [5, 5.41) is 0.00120. The predicted octanol–water partition coefficient (Wildman–Crippen LogP) is 4.50. The van der Waals surface area contributed by atoms with E-state index in [0.29, 0.717) is 12.0 Å². The first-order valence-corrected chi connectivity index (χ1v) is 8.34. The number of halogens is 3. The summed E-state index contributed by atoms with van der Waals surface area (Å²) in [6.07, 6.45) is 0.523. The molecule has 0 atom stereocenters. The van der Waals surface area contributed by atoms with Gasteiger partial charge in [-0.1, -0.05) is 42.3 Å². The first kappa shape index (κ1) is 16.1. The molecule has 3 nitrogen and oxygen atoms in total. The van der Waals surface area contributed by atoms with Gasteiger partial charge < -0.3 is 0 Å². The van der Waals surface area contributed by atoms with Gasteiger partial charge in [-0.05, 0) is 36.2 Å².